The van der Waals surface area contributed by atoms with E-state index >= 15 is 0 Å². The van der Waals surface area contributed by atoms with Crippen LogP contribution in [0, 0.1) is 0 Å². The summed E-state index contributed by atoms with van der Waals surface area (Å²) in [6.07, 6.45) is 3.46. The molecule has 142 valence electrons. The van der Waals surface area contributed by atoms with Crippen LogP contribution >= 0.6 is 0 Å². The largest absolute Gasteiger partial charge is 0.482 e. The number of anilines is 1. The number of rotatable bonds is 7. The molecule has 3 aromatic rings. The molecule has 0 saturated heterocycles. The van der Waals surface area contributed by atoms with Crippen LogP contribution in [-0.4, -0.2) is 30.1 Å². The summed E-state index contributed by atoms with van der Waals surface area (Å²) in [6.45, 7) is 1.90. The molecule has 2 aromatic carbocycles. The molecule has 0 atom stereocenters. The normalized spacial score (nSPS) is 10.2. The molecular weight excluding hydrogens is 356 g/mol. The maximum atomic E-state index is 12.4. The van der Waals surface area contributed by atoms with Crippen molar-refractivity contribution in [3.05, 3.63) is 78.6 Å². The van der Waals surface area contributed by atoms with E-state index in [0.717, 1.165) is 11.1 Å². The first-order valence-corrected chi connectivity index (χ1v) is 8.86. The second kappa shape index (κ2) is 9.32. The van der Waals surface area contributed by atoms with Crippen LogP contribution in [0.4, 0.5) is 5.69 Å². The molecule has 3 rings (SSSR count). The smallest absolute Gasteiger partial charge is 0.344 e. The molecule has 0 unspecified atom stereocenters. The van der Waals surface area contributed by atoms with Gasteiger partial charge >= 0.3 is 5.97 Å². The molecule has 28 heavy (non-hydrogen) atoms. The predicted molar refractivity (Wildman–Crippen MR) is 106 cm³/mol. The monoisotopic (exact) mass is 376 g/mol. The van der Waals surface area contributed by atoms with Gasteiger partial charge in [-0.3, -0.25) is 9.78 Å². The van der Waals surface area contributed by atoms with Gasteiger partial charge in [0.15, 0.2) is 6.61 Å². The van der Waals surface area contributed by atoms with Crippen molar-refractivity contribution in [2.24, 2.45) is 0 Å². The van der Waals surface area contributed by atoms with Crippen LogP contribution in [0.3, 0.4) is 0 Å². The van der Waals surface area contributed by atoms with E-state index in [2.05, 4.69) is 10.3 Å². The summed E-state index contributed by atoms with van der Waals surface area (Å²) < 4.78 is 10.1. The summed E-state index contributed by atoms with van der Waals surface area (Å²) in [4.78, 5) is 27.7. The van der Waals surface area contributed by atoms with E-state index < -0.39 is 5.97 Å². The Morgan fingerprint density at radius 1 is 0.893 bits per heavy atom. The Labute approximate surface area is 163 Å². The lowest BCUT2D eigenvalue weighted by molar-refractivity contribution is -0.145. The van der Waals surface area contributed by atoms with Crippen LogP contribution in [0.2, 0.25) is 0 Å². The van der Waals surface area contributed by atoms with Gasteiger partial charge in [0.2, 0.25) is 0 Å². The van der Waals surface area contributed by atoms with Gasteiger partial charge in [-0.15, -0.1) is 0 Å². The average molecular weight is 376 g/mol. The van der Waals surface area contributed by atoms with Crippen molar-refractivity contribution in [2.75, 3.05) is 18.5 Å². The van der Waals surface area contributed by atoms with Gasteiger partial charge in [0, 0.05) is 23.6 Å². The number of carbonyl (C=O) groups is 2. The fraction of sp³-hybridized carbons (Fsp3) is 0.136. The number of pyridine rings is 1. The highest BCUT2D eigenvalue weighted by molar-refractivity contribution is 6.04. The van der Waals surface area contributed by atoms with E-state index in [-0.39, 0.29) is 12.5 Å². The van der Waals surface area contributed by atoms with E-state index in [1.165, 1.54) is 0 Å². The molecule has 0 aliphatic rings. The first-order chi connectivity index (χ1) is 13.7. The van der Waals surface area contributed by atoms with Crippen LogP contribution in [0.25, 0.3) is 11.1 Å². The number of nitrogens with one attached hydrogen (secondary N) is 1. The number of esters is 1. The van der Waals surface area contributed by atoms with Crippen molar-refractivity contribution < 1.29 is 19.1 Å². The number of amides is 1. The highest BCUT2D eigenvalue weighted by Crippen LogP contribution is 2.20. The molecule has 0 fully saturated rings. The standard InChI is InChI=1S/C22H20N2O4/c1-2-27-21(25)15-28-20-9-7-19(8-10-20)24-22(26)18-5-3-16(4-6-18)17-11-13-23-14-12-17/h3-14H,2,15H2,1H3,(H,24,26). The molecule has 0 saturated carbocycles. The molecule has 0 aliphatic carbocycles. The minimum absolute atomic E-state index is 0.149. The second-order valence-corrected chi connectivity index (χ2v) is 5.89. The van der Waals surface area contributed by atoms with Gasteiger partial charge in [-0.05, 0) is 66.6 Å². The third-order valence-corrected chi connectivity index (χ3v) is 3.93. The Bertz CT molecular complexity index is 923. The summed E-state index contributed by atoms with van der Waals surface area (Å²) in [5.74, 6) is -0.107. The minimum atomic E-state index is -0.421. The van der Waals surface area contributed by atoms with Crippen LogP contribution in [0.15, 0.2) is 73.1 Å². The van der Waals surface area contributed by atoms with E-state index in [9.17, 15) is 9.59 Å². The molecule has 0 radical (unpaired) electrons. The SMILES string of the molecule is CCOC(=O)COc1ccc(NC(=O)c2ccc(-c3ccncc3)cc2)cc1. The second-order valence-electron chi connectivity index (χ2n) is 5.89. The molecule has 1 heterocycles. The Morgan fingerprint density at radius 2 is 1.54 bits per heavy atom. The molecular formula is C22H20N2O4. The first kappa shape index (κ1) is 19.1. The van der Waals surface area contributed by atoms with Crippen molar-refractivity contribution in [2.45, 2.75) is 6.92 Å². The van der Waals surface area contributed by atoms with Crippen LogP contribution in [0.1, 0.15) is 17.3 Å². The van der Waals surface area contributed by atoms with Gasteiger partial charge in [-0.2, -0.15) is 0 Å². The summed E-state index contributed by atoms with van der Waals surface area (Å²) in [6, 6.07) is 18.0. The van der Waals surface area contributed by atoms with E-state index in [0.29, 0.717) is 23.6 Å². The molecule has 1 aromatic heterocycles. The summed E-state index contributed by atoms with van der Waals surface area (Å²) in [5.41, 5.74) is 3.24. The molecule has 0 aliphatic heterocycles. The predicted octanol–water partition coefficient (Wildman–Crippen LogP) is 3.94. The third kappa shape index (κ3) is 5.17. The number of hydrogen-bond donors (Lipinski definition) is 1. The summed E-state index contributed by atoms with van der Waals surface area (Å²) >= 11 is 0. The number of aromatic nitrogens is 1. The Hall–Kier alpha value is -3.67. The van der Waals surface area contributed by atoms with Gasteiger partial charge in [-0.25, -0.2) is 4.79 Å². The van der Waals surface area contributed by atoms with E-state index in [1.54, 1.807) is 55.7 Å². The van der Waals surface area contributed by atoms with Crippen molar-refractivity contribution in [1.82, 2.24) is 4.98 Å². The number of nitrogens with zero attached hydrogens (tertiary/aromatic N) is 1. The first-order valence-electron chi connectivity index (χ1n) is 8.86. The van der Waals surface area contributed by atoms with Crippen molar-refractivity contribution >= 4 is 17.6 Å². The maximum Gasteiger partial charge on any atom is 0.344 e. The summed E-state index contributed by atoms with van der Waals surface area (Å²) in [7, 11) is 0. The Kier molecular flexibility index (Phi) is 6.36. The highest BCUT2D eigenvalue weighted by atomic mass is 16.6. The Morgan fingerprint density at radius 3 is 2.18 bits per heavy atom. The van der Waals surface area contributed by atoms with Crippen LogP contribution in [0.5, 0.6) is 5.75 Å². The van der Waals surface area contributed by atoms with Crippen molar-refractivity contribution in [1.29, 1.82) is 0 Å². The van der Waals surface area contributed by atoms with Gasteiger partial charge in [-0.1, -0.05) is 12.1 Å². The fourth-order valence-corrected chi connectivity index (χ4v) is 2.54. The quantitative estimate of drug-likeness (QED) is 0.632. The van der Waals surface area contributed by atoms with Gasteiger partial charge < -0.3 is 14.8 Å². The minimum Gasteiger partial charge on any atom is -0.482 e. The fourth-order valence-electron chi connectivity index (χ4n) is 2.54. The topological polar surface area (TPSA) is 77.5 Å². The van der Waals surface area contributed by atoms with Crippen LogP contribution < -0.4 is 10.1 Å². The highest BCUT2D eigenvalue weighted by Gasteiger charge is 2.08. The maximum absolute atomic E-state index is 12.4. The van der Waals surface area contributed by atoms with Crippen molar-refractivity contribution in [3.63, 3.8) is 0 Å². The lowest BCUT2D eigenvalue weighted by atomic mass is 10.0. The third-order valence-electron chi connectivity index (χ3n) is 3.93. The van der Waals surface area contributed by atoms with Crippen molar-refractivity contribution in [3.8, 4) is 16.9 Å². The zero-order valence-corrected chi connectivity index (χ0v) is 15.4. The molecule has 1 amide bonds. The molecule has 0 bridgehead atoms. The molecule has 6 heteroatoms. The van der Waals surface area contributed by atoms with Gasteiger partial charge in [0.25, 0.3) is 5.91 Å². The van der Waals surface area contributed by atoms with E-state index in [4.69, 9.17) is 9.47 Å². The number of hydrogen-bond acceptors (Lipinski definition) is 5. The zero-order chi connectivity index (χ0) is 19.8. The van der Waals surface area contributed by atoms with E-state index in [1.807, 2.05) is 24.3 Å². The number of ether oxygens (including phenoxy) is 2. The van der Waals surface area contributed by atoms with Crippen LogP contribution in [-0.2, 0) is 9.53 Å². The molecule has 1 N–H and O–H groups in total. The van der Waals surface area contributed by atoms with Gasteiger partial charge in [0.1, 0.15) is 5.75 Å². The average Bonchev–Trinajstić information content (AvgIpc) is 2.74. The lowest BCUT2D eigenvalue weighted by Gasteiger charge is -2.09. The van der Waals surface area contributed by atoms with Gasteiger partial charge in [0.05, 0.1) is 6.61 Å². The number of carbonyl (C=O) groups excluding carboxylic acids is 2. The zero-order valence-electron chi connectivity index (χ0n) is 15.4. The molecule has 0 spiro atoms. The molecule has 6 nitrogen and oxygen atoms in total. The summed E-state index contributed by atoms with van der Waals surface area (Å²) in [5, 5.41) is 2.83. The lowest BCUT2D eigenvalue weighted by Crippen LogP contribution is -2.14. The Balaban J connectivity index is 1.58. The number of benzene rings is 2.